The summed E-state index contributed by atoms with van der Waals surface area (Å²) in [6.07, 6.45) is 39.7. The number of hydrogen-bond donors (Lipinski definition) is 0. The summed E-state index contributed by atoms with van der Waals surface area (Å²) in [6.45, 7) is 8.92. The molecule has 0 aliphatic carbocycles. The van der Waals surface area contributed by atoms with Gasteiger partial charge in [-0.15, -0.1) is 0 Å². The fourth-order valence-electron chi connectivity index (χ4n) is 6.80. The fraction of sp³-hybridized carbons (Fsp3) is 0.935. The normalized spacial score (nSPS) is 11.9. The lowest BCUT2D eigenvalue weighted by Gasteiger charge is -2.18. The van der Waals surface area contributed by atoms with Crippen LogP contribution in [0.2, 0.25) is 0 Å². The Balaban J connectivity index is 4.18. The number of hydrogen-bond acceptors (Lipinski definition) is 6. The van der Waals surface area contributed by atoms with E-state index in [1.54, 1.807) is 0 Å². The molecule has 0 aromatic heterocycles. The molecule has 0 amide bonds. The van der Waals surface area contributed by atoms with Crippen LogP contribution in [0.15, 0.2) is 0 Å². The molecule has 0 rings (SSSR count). The molecule has 0 saturated carbocycles. The van der Waals surface area contributed by atoms with Gasteiger partial charge < -0.3 is 14.2 Å². The van der Waals surface area contributed by atoms with Gasteiger partial charge in [0.1, 0.15) is 13.2 Å². The van der Waals surface area contributed by atoms with Crippen LogP contribution in [-0.2, 0) is 28.6 Å². The largest absolute Gasteiger partial charge is 0.462 e. The highest BCUT2D eigenvalue weighted by atomic mass is 16.6. The van der Waals surface area contributed by atoms with Crippen LogP contribution in [0.5, 0.6) is 0 Å². The quantitative estimate of drug-likeness (QED) is 0.0353. The van der Waals surface area contributed by atoms with Crippen LogP contribution in [0.3, 0.4) is 0 Å². The molecule has 0 saturated heterocycles. The van der Waals surface area contributed by atoms with Crippen molar-refractivity contribution >= 4 is 17.9 Å². The lowest BCUT2D eigenvalue weighted by molar-refractivity contribution is -0.167. The van der Waals surface area contributed by atoms with Gasteiger partial charge in [0.15, 0.2) is 6.10 Å². The van der Waals surface area contributed by atoms with Crippen molar-refractivity contribution in [3.05, 3.63) is 0 Å². The molecule has 0 aliphatic heterocycles. The number of esters is 3. The average Bonchev–Trinajstić information content (AvgIpc) is 3.12. The van der Waals surface area contributed by atoms with Gasteiger partial charge in [-0.25, -0.2) is 0 Å². The van der Waals surface area contributed by atoms with E-state index in [9.17, 15) is 14.4 Å². The van der Waals surface area contributed by atoms with Crippen LogP contribution in [0.1, 0.15) is 252 Å². The Morgan fingerprint density at radius 2 is 0.635 bits per heavy atom. The summed E-state index contributed by atoms with van der Waals surface area (Å²) in [7, 11) is 0. The van der Waals surface area contributed by atoms with Crippen LogP contribution in [-0.4, -0.2) is 37.2 Å². The van der Waals surface area contributed by atoms with Crippen LogP contribution < -0.4 is 0 Å². The zero-order valence-corrected chi connectivity index (χ0v) is 35.3. The van der Waals surface area contributed by atoms with E-state index in [2.05, 4.69) is 27.7 Å². The second-order valence-corrected chi connectivity index (χ2v) is 16.2. The molecule has 0 heterocycles. The molecule has 6 nitrogen and oxygen atoms in total. The van der Waals surface area contributed by atoms with Gasteiger partial charge in [-0.1, -0.05) is 214 Å². The Hall–Kier alpha value is -1.59. The van der Waals surface area contributed by atoms with E-state index in [-0.39, 0.29) is 31.1 Å². The first kappa shape index (κ1) is 50.4. The molecular formula is C46H88O6. The summed E-state index contributed by atoms with van der Waals surface area (Å²) in [4.78, 5) is 37.5. The lowest BCUT2D eigenvalue weighted by Crippen LogP contribution is -2.30. The van der Waals surface area contributed by atoms with Crippen LogP contribution in [0.4, 0.5) is 0 Å². The monoisotopic (exact) mass is 737 g/mol. The first-order valence-electron chi connectivity index (χ1n) is 22.9. The number of ether oxygens (including phenoxy) is 3. The van der Waals surface area contributed by atoms with E-state index >= 15 is 0 Å². The third kappa shape index (κ3) is 39.6. The first-order chi connectivity index (χ1) is 25.4. The second kappa shape index (κ2) is 40.6. The number of rotatable bonds is 41. The van der Waals surface area contributed by atoms with E-state index in [1.165, 1.54) is 141 Å². The molecule has 0 fully saturated rings. The first-order valence-corrected chi connectivity index (χ1v) is 22.9. The van der Waals surface area contributed by atoms with Gasteiger partial charge in [0.2, 0.25) is 0 Å². The van der Waals surface area contributed by atoms with Crippen molar-refractivity contribution in [2.45, 2.75) is 259 Å². The summed E-state index contributed by atoms with van der Waals surface area (Å²) >= 11 is 0. The Morgan fingerprint density at radius 1 is 0.365 bits per heavy atom. The smallest absolute Gasteiger partial charge is 0.306 e. The minimum atomic E-state index is -0.757. The van der Waals surface area contributed by atoms with Crippen molar-refractivity contribution in [3.8, 4) is 0 Å². The van der Waals surface area contributed by atoms with Gasteiger partial charge in [-0.05, 0) is 25.2 Å². The molecule has 0 aromatic carbocycles. The van der Waals surface area contributed by atoms with Gasteiger partial charge in [-0.2, -0.15) is 0 Å². The average molecular weight is 737 g/mol. The molecule has 52 heavy (non-hydrogen) atoms. The molecule has 0 bridgehead atoms. The molecule has 0 N–H and O–H groups in total. The summed E-state index contributed by atoms with van der Waals surface area (Å²) in [5.74, 6) is -0.0403. The van der Waals surface area contributed by atoms with E-state index in [4.69, 9.17) is 14.2 Å². The van der Waals surface area contributed by atoms with Crippen molar-refractivity contribution in [2.24, 2.45) is 5.92 Å². The van der Waals surface area contributed by atoms with E-state index < -0.39 is 6.10 Å². The number of carbonyl (C=O) groups excluding carboxylic acids is 3. The van der Waals surface area contributed by atoms with Gasteiger partial charge in [0.05, 0.1) is 0 Å². The van der Waals surface area contributed by atoms with Crippen molar-refractivity contribution < 1.29 is 28.6 Å². The Labute approximate surface area is 323 Å². The Kier molecular flexibility index (Phi) is 39.4. The third-order valence-corrected chi connectivity index (χ3v) is 10.3. The molecule has 0 spiro atoms. The number of unbranched alkanes of at least 4 members (excludes halogenated alkanes) is 28. The second-order valence-electron chi connectivity index (χ2n) is 16.2. The van der Waals surface area contributed by atoms with Gasteiger partial charge in [0, 0.05) is 19.3 Å². The summed E-state index contributed by atoms with van der Waals surface area (Å²) < 4.78 is 16.6. The van der Waals surface area contributed by atoms with Gasteiger partial charge in [0.25, 0.3) is 0 Å². The van der Waals surface area contributed by atoms with Crippen LogP contribution in [0, 0.1) is 5.92 Å². The van der Waals surface area contributed by atoms with Crippen molar-refractivity contribution in [2.75, 3.05) is 13.2 Å². The fourth-order valence-corrected chi connectivity index (χ4v) is 6.80. The molecule has 0 aromatic rings. The minimum Gasteiger partial charge on any atom is -0.462 e. The highest BCUT2D eigenvalue weighted by Crippen LogP contribution is 2.16. The predicted molar refractivity (Wildman–Crippen MR) is 220 cm³/mol. The molecule has 0 radical (unpaired) electrons. The van der Waals surface area contributed by atoms with Crippen LogP contribution >= 0.6 is 0 Å². The van der Waals surface area contributed by atoms with E-state index in [0.29, 0.717) is 19.3 Å². The Morgan fingerprint density at radius 3 is 0.942 bits per heavy atom. The van der Waals surface area contributed by atoms with Crippen molar-refractivity contribution in [1.82, 2.24) is 0 Å². The molecule has 0 aliphatic rings. The Bertz CT molecular complexity index is 781. The standard InChI is InChI=1S/C46H88O6/c1-5-7-9-11-12-13-14-15-16-17-20-24-27-31-35-39-46(49)52-43(40-50-44(47)37-33-28-10-8-6-2)41-51-45(48)38-34-30-26-23-21-18-19-22-25-29-32-36-42(3)4/h42-43H,5-41H2,1-4H3/t43-/m1/s1. The maximum atomic E-state index is 12.7. The number of carbonyl (C=O) groups is 3. The third-order valence-electron chi connectivity index (χ3n) is 10.3. The summed E-state index contributed by atoms with van der Waals surface area (Å²) in [5, 5.41) is 0. The predicted octanol–water partition coefficient (Wildman–Crippen LogP) is 14.3. The maximum Gasteiger partial charge on any atom is 0.306 e. The zero-order chi connectivity index (χ0) is 38.2. The van der Waals surface area contributed by atoms with E-state index in [0.717, 1.165) is 70.1 Å². The van der Waals surface area contributed by atoms with E-state index in [1.807, 2.05) is 0 Å². The SMILES string of the molecule is CCCCCCCCCCCCCCCCCC(=O)O[C@H](COC(=O)CCCCCCC)COC(=O)CCCCCCCCCCCCCC(C)C. The highest BCUT2D eigenvalue weighted by molar-refractivity contribution is 5.71. The topological polar surface area (TPSA) is 78.9 Å². The molecular weight excluding hydrogens is 648 g/mol. The summed E-state index contributed by atoms with van der Waals surface area (Å²) in [5.41, 5.74) is 0. The van der Waals surface area contributed by atoms with Crippen molar-refractivity contribution in [1.29, 1.82) is 0 Å². The minimum absolute atomic E-state index is 0.0648. The maximum absolute atomic E-state index is 12.7. The molecule has 308 valence electrons. The molecule has 6 heteroatoms. The zero-order valence-electron chi connectivity index (χ0n) is 35.3. The summed E-state index contributed by atoms with van der Waals surface area (Å²) in [6, 6.07) is 0. The highest BCUT2D eigenvalue weighted by Gasteiger charge is 2.19. The van der Waals surface area contributed by atoms with Gasteiger partial charge in [-0.3, -0.25) is 14.4 Å². The molecule has 1 atom stereocenters. The lowest BCUT2D eigenvalue weighted by atomic mass is 10.0. The van der Waals surface area contributed by atoms with Gasteiger partial charge >= 0.3 is 17.9 Å². The van der Waals surface area contributed by atoms with Crippen molar-refractivity contribution in [3.63, 3.8) is 0 Å². The van der Waals surface area contributed by atoms with Crippen LogP contribution in [0.25, 0.3) is 0 Å². The molecule has 0 unspecified atom stereocenters.